The van der Waals surface area contributed by atoms with Crippen LogP contribution in [0, 0.1) is 5.92 Å². The molecule has 0 saturated heterocycles. The fraction of sp³-hybridized carbons (Fsp3) is 0.500. The monoisotopic (exact) mass is 250 g/mol. The van der Waals surface area contributed by atoms with E-state index < -0.39 is 0 Å². The number of anilines is 1. The lowest BCUT2D eigenvalue weighted by atomic mass is 10.0. The number of rotatable bonds is 6. The Morgan fingerprint density at radius 2 is 1.94 bits per heavy atom. The minimum atomic E-state index is -0.325. The minimum absolute atomic E-state index is 0.00258. The summed E-state index contributed by atoms with van der Waals surface area (Å²) < 4.78 is 0. The maximum absolute atomic E-state index is 11.7. The Hall–Kier alpha value is -1.55. The van der Waals surface area contributed by atoms with Crippen LogP contribution >= 0.6 is 0 Å². The summed E-state index contributed by atoms with van der Waals surface area (Å²) in [5, 5.41) is 12.1. The number of nitrogen functional groups attached to an aromatic ring is 1. The van der Waals surface area contributed by atoms with E-state index in [1.165, 1.54) is 0 Å². The van der Waals surface area contributed by atoms with E-state index in [9.17, 15) is 9.90 Å². The van der Waals surface area contributed by atoms with Crippen LogP contribution in [0.1, 0.15) is 25.8 Å². The molecule has 1 aromatic rings. The largest absolute Gasteiger partial charge is 0.399 e. The molecule has 1 rings (SSSR count). The highest BCUT2D eigenvalue weighted by Gasteiger charge is 2.08. The molecule has 0 bridgehead atoms. The molecule has 0 spiro atoms. The first-order chi connectivity index (χ1) is 8.47. The average Bonchev–Trinajstić information content (AvgIpc) is 2.29. The van der Waals surface area contributed by atoms with Crippen molar-refractivity contribution in [3.8, 4) is 0 Å². The Balaban J connectivity index is 2.31. The zero-order valence-corrected chi connectivity index (χ0v) is 11.0. The summed E-state index contributed by atoms with van der Waals surface area (Å²) in [4.78, 5) is 11.7. The number of hydrogen-bond acceptors (Lipinski definition) is 3. The highest BCUT2D eigenvalue weighted by molar-refractivity contribution is 5.78. The lowest BCUT2D eigenvalue weighted by Crippen LogP contribution is -2.30. The molecule has 0 heterocycles. The first-order valence-electron chi connectivity index (χ1n) is 6.26. The summed E-state index contributed by atoms with van der Waals surface area (Å²) >= 11 is 0. The molecule has 0 fully saturated rings. The smallest absolute Gasteiger partial charge is 0.224 e. The van der Waals surface area contributed by atoms with Gasteiger partial charge in [-0.15, -0.1) is 0 Å². The van der Waals surface area contributed by atoms with Crippen molar-refractivity contribution < 1.29 is 9.90 Å². The van der Waals surface area contributed by atoms with Crippen LogP contribution in [0.2, 0.25) is 0 Å². The number of benzene rings is 1. The summed E-state index contributed by atoms with van der Waals surface area (Å²) in [5.41, 5.74) is 7.23. The molecule has 4 heteroatoms. The zero-order valence-electron chi connectivity index (χ0n) is 11.0. The SMILES string of the molecule is CC(O)CC(C)CNC(=O)Cc1ccc(N)cc1. The molecule has 0 radical (unpaired) electrons. The van der Waals surface area contributed by atoms with Crippen LogP contribution in [0.3, 0.4) is 0 Å². The van der Waals surface area contributed by atoms with Gasteiger partial charge in [0, 0.05) is 12.2 Å². The topological polar surface area (TPSA) is 75.3 Å². The second kappa shape index (κ2) is 7.01. The van der Waals surface area contributed by atoms with Crippen molar-refractivity contribution >= 4 is 11.6 Å². The molecule has 0 aliphatic heterocycles. The molecular weight excluding hydrogens is 228 g/mol. The standard InChI is InChI=1S/C14H22N2O2/c1-10(7-11(2)17)9-16-14(18)8-12-3-5-13(15)6-4-12/h3-6,10-11,17H,7-9,15H2,1-2H3,(H,16,18). The summed E-state index contributed by atoms with van der Waals surface area (Å²) in [6, 6.07) is 7.29. The second-order valence-corrected chi connectivity index (χ2v) is 4.91. The Morgan fingerprint density at radius 1 is 1.33 bits per heavy atom. The lowest BCUT2D eigenvalue weighted by Gasteiger charge is -2.14. The van der Waals surface area contributed by atoms with Crippen molar-refractivity contribution in [2.24, 2.45) is 5.92 Å². The van der Waals surface area contributed by atoms with Gasteiger partial charge in [0.25, 0.3) is 0 Å². The Labute approximate surface area is 108 Å². The van der Waals surface area contributed by atoms with Crippen LogP contribution in [0.4, 0.5) is 5.69 Å². The van der Waals surface area contributed by atoms with E-state index in [1.807, 2.05) is 19.1 Å². The predicted molar refractivity (Wildman–Crippen MR) is 73.0 cm³/mol. The van der Waals surface area contributed by atoms with Gasteiger partial charge in [-0.3, -0.25) is 4.79 Å². The van der Waals surface area contributed by atoms with Crippen LogP contribution in [0.15, 0.2) is 24.3 Å². The van der Waals surface area contributed by atoms with E-state index in [2.05, 4.69) is 5.32 Å². The molecule has 2 atom stereocenters. The van der Waals surface area contributed by atoms with Crippen molar-refractivity contribution in [1.82, 2.24) is 5.32 Å². The molecule has 0 aliphatic rings. The van der Waals surface area contributed by atoms with Crippen LogP contribution in [-0.2, 0) is 11.2 Å². The number of carbonyl (C=O) groups excluding carboxylic acids is 1. The number of hydrogen-bond donors (Lipinski definition) is 3. The molecule has 0 saturated carbocycles. The van der Waals surface area contributed by atoms with Crippen molar-refractivity contribution in [3.63, 3.8) is 0 Å². The van der Waals surface area contributed by atoms with Crippen molar-refractivity contribution in [2.45, 2.75) is 32.8 Å². The summed E-state index contributed by atoms with van der Waals surface area (Å²) in [7, 11) is 0. The van der Waals surface area contributed by atoms with E-state index in [1.54, 1.807) is 19.1 Å². The molecule has 18 heavy (non-hydrogen) atoms. The van der Waals surface area contributed by atoms with E-state index in [4.69, 9.17) is 5.73 Å². The molecule has 0 aliphatic carbocycles. The third-order valence-electron chi connectivity index (χ3n) is 2.74. The van der Waals surface area contributed by atoms with Crippen molar-refractivity contribution in [1.29, 1.82) is 0 Å². The van der Waals surface area contributed by atoms with E-state index in [0.29, 0.717) is 25.1 Å². The Bertz CT molecular complexity index is 374. The van der Waals surface area contributed by atoms with Gasteiger partial charge in [0.15, 0.2) is 0 Å². The molecular formula is C14H22N2O2. The van der Waals surface area contributed by atoms with Gasteiger partial charge in [-0.05, 0) is 37.0 Å². The van der Waals surface area contributed by atoms with Crippen molar-refractivity contribution in [2.75, 3.05) is 12.3 Å². The number of nitrogens with two attached hydrogens (primary N) is 1. The second-order valence-electron chi connectivity index (χ2n) is 4.91. The van der Waals surface area contributed by atoms with Gasteiger partial charge in [-0.25, -0.2) is 0 Å². The van der Waals surface area contributed by atoms with Gasteiger partial charge in [0.1, 0.15) is 0 Å². The average molecular weight is 250 g/mol. The van der Waals surface area contributed by atoms with Gasteiger partial charge >= 0.3 is 0 Å². The number of carbonyl (C=O) groups is 1. The number of amides is 1. The molecule has 4 N–H and O–H groups in total. The molecule has 1 aromatic carbocycles. The third-order valence-corrected chi connectivity index (χ3v) is 2.74. The van der Waals surface area contributed by atoms with E-state index >= 15 is 0 Å². The van der Waals surface area contributed by atoms with Gasteiger partial charge in [0.2, 0.25) is 5.91 Å². The van der Waals surface area contributed by atoms with Crippen molar-refractivity contribution in [3.05, 3.63) is 29.8 Å². The molecule has 2 unspecified atom stereocenters. The van der Waals surface area contributed by atoms with Crippen LogP contribution in [-0.4, -0.2) is 23.7 Å². The minimum Gasteiger partial charge on any atom is -0.399 e. The first-order valence-corrected chi connectivity index (χ1v) is 6.26. The lowest BCUT2D eigenvalue weighted by molar-refractivity contribution is -0.120. The third kappa shape index (κ3) is 5.68. The number of aliphatic hydroxyl groups excluding tert-OH is 1. The Kier molecular flexibility index (Phi) is 5.65. The maximum atomic E-state index is 11.7. The highest BCUT2D eigenvalue weighted by atomic mass is 16.3. The van der Waals surface area contributed by atoms with Gasteiger partial charge in [0.05, 0.1) is 12.5 Å². The molecule has 100 valence electrons. The molecule has 0 aromatic heterocycles. The number of aliphatic hydroxyl groups is 1. The fourth-order valence-electron chi connectivity index (χ4n) is 1.84. The first kappa shape index (κ1) is 14.5. The maximum Gasteiger partial charge on any atom is 0.224 e. The van der Waals surface area contributed by atoms with Crippen LogP contribution in [0.5, 0.6) is 0 Å². The van der Waals surface area contributed by atoms with Gasteiger partial charge in [-0.2, -0.15) is 0 Å². The molecule has 4 nitrogen and oxygen atoms in total. The Morgan fingerprint density at radius 3 is 2.50 bits per heavy atom. The zero-order chi connectivity index (χ0) is 13.5. The predicted octanol–water partition coefficient (Wildman–Crippen LogP) is 1.33. The van der Waals surface area contributed by atoms with E-state index in [0.717, 1.165) is 5.56 Å². The highest BCUT2D eigenvalue weighted by Crippen LogP contribution is 2.07. The van der Waals surface area contributed by atoms with Gasteiger partial charge in [-0.1, -0.05) is 19.1 Å². The number of nitrogens with one attached hydrogen (secondary N) is 1. The molecule has 1 amide bonds. The summed E-state index contributed by atoms with van der Waals surface area (Å²) in [6.07, 6.45) is 0.734. The quantitative estimate of drug-likeness (QED) is 0.667. The van der Waals surface area contributed by atoms with E-state index in [-0.39, 0.29) is 17.9 Å². The fourth-order valence-corrected chi connectivity index (χ4v) is 1.84. The van der Waals surface area contributed by atoms with Crippen LogP contribution in [0.25, 0.3) is 0 Å². The van der Waals surface area contributed by atoms with Crippen LogP contribution < -0.4 is 11.1 Å². The summed E-state index contributed by atoms with van der Waals surface area (Å²) in [5.74, 6) is 0.276. The summed E-state index contributed by atoms with van der Waals surface area (Å²) in [6.45, 7) is 4.36. The van der Waals surface area contributed by atoms with Gasteiger partial charge < -0.3 is 16.2 Å². The normalized spacial score (nSPS) is 13.9.